The highest BCUT2D eigenvalue weighted by Crippen LogP contribution is 2.33. The van der Waals surface area contributed by atoms with E-state index in [1.165, 1.54) is 0 Å². The van der Waals surface area contributed by atoms with Crippen molar-refractivity contribution >= 4 is 5.97 Å². The van der Waals surface area contributed by atoms with Gasteiger partial charge in [-0.05, 0) is 39.8 Å². The van der Waals surface area contributed by atoms with Gasteiger partial charge in [0.05, 0.1) is 0 Å². The maximum atomic E-state index is 13.1. The van der Waals surface area contributed by atoms with Crippen LogP contribution < -0.4 is 0 Å². The van der Waals surface area contributed by atoms with E-state index < -0.39 is 17.8 Å². The maximum Gasteiger partial charge on any atom is 0.374 e. The zero-order valence-corrected chi connectivity index (χ0v) is 9.04. The molecule has 1 heterocycles. The molecule has 88 valence electrons. The lowest BCUT2D eigenvalue weighted by molar-refractivity contribution is -0.176. The summed E-state index contributed by atoms with van der Waals surface area (Å²) in [5.74, 6) is -6.57. The van der Waals surface area contributed by atoms with Gasteiger partial charge in [0.15, 0.2) is 0 Å². The van der Waals surface area contributed by atoms with E-state index in [9.17, 15) is 13.6 Å². The van der Waals surface area contributed by atoms with Crippen LogP contribution in [0.15, 0.2) is 0 Å². The minimum Gasteiger partial charge on any atom is -0.477 e. The van der Waals surface area contributed by atoms with Gasteiger partial charge in [-0.1, -0.05) is 0 Å². The Morgan fingerprint density at radius 1 is 1.40 bits per heavy atom. The van der Waals surface area contributed by atoms with Crippen LogP contribution >= 0.6 is 0 Å². The molecule has 0 radical (unpaired) electrons. The van der Waals surface area contributed by atoms with Crippen LogP contribution in [-0.4, -0.2) is 41.0 Å². The van der Waals surface area contributed by atoms with Gasteiger partial charge in [-0.3, -0.25) is 0 Å². The molecule has 5 heteroatoms. The van der Waals surface area contributed by atoms with Crippen molar-refractivity contribution in [3.8, 4) is 0 Å². The quantitative estimate of drug-likeness (QED) is 0.790. The molecule has 3 nitrogen and oxygen atoms in total. The summed E-state index contributed by atoms with van der Waals surface area (Å²) in [6.07, 6.45) is 0.523. The third kappa shape index (κ3) is 2.65. The van der Waals surface area contributed by atoms with Crippen LogP contribution in [0.25, 0.3) is 0 Å². The van der Waals surface area contributed by atoms with E-state index in [1.807, 2.05) is 13.8 Å². The molecule has 0 aromatic rings. The molecule has 1 aliphatic rings. The second-order valence-corrected chi connectivity index (χ2v) is 4.33. The molecule has 0 aromatic heterocycles. The first-order valence-electron chi connectivity index (χ1n) is 5.21. The third-order valence-electron chi connectivity index (χ3n) is 3.06. The van der Waals surface area contributed by atoms with E-state index in [0.717, 1.165) is 0 Å². The fourth-order valence-electron chi connectivity index (χ4n) is 1.95. The first-order chi connectivity index (χ1) is 6.85. The number of carboxylic acids is 1. The number of aliphatic carboxylic acids is 1. The SMILES string of the molecule is CC(C)N1CCC(C(F)(F)C(=O)O)CC1. The molecular weight excluding hydrogens is 204 g/mol. The maximum absolute atomic E-state index is 13.1. The van der Waals surface area contributed by atoms with Gasteiger partial charge in [0.2, 0.25) is 0 Å². The molecule has 0 aliphatic carbocycles. The second kappa shape index (κ2) is 4.43. The van der Waals surface area contributed by atoms with Crippen LogP contribution in [0.5, 0.6) is 0 Å². The third-order valence-corrected chi connectivity index (χ3v) is 3.06. The minimum atomic E-state index is -3.57. The topological polar surface area (TPSA) is 40.5 Å². The molecule has 1 fully saturated rings. The molecule has 0 saturated carbocycles. The molecule has 1 saturated heterocycles. The fourth-order valence-corrected chi connectivity index (χ4v) is 1.95. The predicted molar refractivity (Wildman–Crippen MR) is 52.0 cm³/mol. The molecule has 1 aliphatic heterocycles. The lowest BCUT2D eigenvalue weighted by atomic mass is 9.90. The number of carboxylic acid groups (broad SMARTS) is 1. The summed E-state index contributed by atoms with van der Waals surface area (Å²) in [5.41, 5.74) is 0. The molecule has 0 amide bonds. The monoisotopic (exact) mass is 221 g/mol. The Bertz CT molecular complexity index is 236. The van der Waals surface area contributed by atoms with Gasteiger partial charge in [-0.2, -0.15) is 8.78 Å². The van der Waals surface area contributed by atoms with Crippen molar-refractivity contribution in [1.29, 1.82) is 0 Å². The van der Waals surface area contributed by atoms with Crippen LogP contribution in [0, 0.1) is 5.92 Å². The van der Waals surface area contributed by atoms with E-state index in [2.05, 4.69) is 4.90 Å². The zero-order chi connectivity index (χ0) is 11.6. The highest BCUT2D eigenvalue weighted by molar-refractivity contribution is 5.75. The number of halogens is 2. The van der Waals surface area contributed by atoms with Gasteiger partial charge in [-0.15, -0.1) is 0 Å². The van der Waals surface area contributed by atoms with E-state index in [4.69, 9.17) is 5.11 Å². The standard InChI is InChI=1S/C10H17F2NO2/c1-7(2)13-5-3-8(4-6-13)10(11,12)9(14)15/h7-8H,3-6H2,1-2H3,(H,14,15). The van der Waals surface area contributed by atoms with Crippen molar-refractivity contribution in [1.82, 2.24) is 4.90 Å². The Kier molecular flexibility index (Phi) is 3.65. The summed E-state index contributed by atoms with van der Waals surface area (Å²) >= 11 is 0. The van der Waals surface area contributed by atoms with Crippen molar-refractivity contribution in [2.75, 3.05) is 13.1 Å². The van der Waals surface area contributed by atoms with Crippen LogP contribution in [0.3, 0.4) is 0 Å². The summed E-state index contributed by atoms with van der Waals surface area (Å²) in [6, 6.07) is 0.337. The number of hydrogen-bond acceptors (Lipinski definition) is 2. The highest BCUT2D eigenvalue weighted by atomic mass is 19.3. The van der Waals surface area contributed by atoms with E-state index >= 15 is 0 Å². The molecule has 1 N–H and O–H groups in total. The Hall–Kier alpha value is -0.710. The molecule has 0 atom stereocenters. The number of piperidine rings is 1. The first kappa shape index (κ1) is 12.4. The summed E-state index contributed by atoms with van der Waals surface area (Å²) in [5, 5.41) is 8.40. The summed E-state index contributed by atoms with van der Waals surface area (Å²) in [6.45, 7) is 5.14. The zero-order valence-electron chi connectivity index (χ0n) is 9.04. The average molecular weight is 221 g/mol. The predicted octanol–water partition coefficient (Wildman–Crippen LogP) is 1.83. The Labute approximate surface area is 88.1 Å². The number of carbonyl (C=O) groups is 1. The van der Waals surface area contributed by atoms with E-state index in [-0.39, 0.29) is 12.8 Å². The molecule has 0 aromatic carbocycles. The number of hydrogen-bond donors (Lipinski definition) is 1. The fraction of sp³-hybridized carbons (Fsp3) is 0.900. The van der Waals surface area contributed by atoms with Gasteiger partial charge in [0, 0.05) is 12.0 Å². The van der Waals surface area contributed by atoms with Gasteiger partial charge in [-0.25, -0.2) is 4.79 Å². The van der Waals surface area contributed by atoms with Crippen LogP contribution in [0.2, 0.25) is 0 Å². The lowest BCUT2D eigenvalue weighted by Gasteiger charge is -2.36. The van der Waals surface area contributed by atoms with Gasteiger partial charge >= 0.3 is 11.9 Å². The number of rotatable bonds is 3. The molecular formula is C10H17F2NO2. The molecule has 1 rings (SSSR count). The van der Waals surface area contributed by atoms with Crippen molar-refractivity contribution in [3.63, 3.8) is 0 Å². The molecule has 15 heavy (non-hydrogen) atoms. The van der Waals surface area contributed by atoms with Crippen LogP contribution in [0.4, 0.5) is 8.78 Å². The summed E-state index contributed by atoms with van der Waals surface area (Å²) < 4.78 is 26.3. The number of nitrogens with zero attached hydrogens (tertiary/aromatic N) is 1. The summed E-state index contributed by atoms with van der Waals surface area (Å²) in [7, 11) is 0. The largest absolute Gasteiger partial charge is 0.477 e. The smallest absolute Gasteiger partial charge is 0.374 e. The lowest BCUT2D eigenvalue weighted by Crippen LogP contribution is -2.46. The van der Waals surface area contributed by atoms with Crippen molar-refractivity contribution in [2.45, 2.75) is 38.7 Å². The molecule has 0 unspecified atom stereocenters. The van der Waals surface area contributed by atoms with E-state index in [0.29, 0.717) is 19.1 Å². The molecule has 0 spiro atoms. The minimum absolute atomic E-state index is 0.261. The first-order valence-corrected chi connectivity index (χ1v) is 5.21. The van der Waals surface area contributed by atoms with Crippen LogP contribution in [0.1, 0.15) is 26.7 Å². The van der Waals surface area contributed by atoms with Gasteiger partial charge in [0.25, 0.3) is 0 Å². The van der Waals surface area contributed by atoms with Crippen LogP contribution in [-0.2, 0) is 4.79 Å². The van der Waals surface area contributed by atoms with Crippen molar-refractivity contribution < 1.29 is 18.7 Å². The van der Waals surface area contributed by atoms with Crippen molar-refractivity contribution in [3.05, 3.63) is 0 Å². The Morgan fingerprint density at radius 2 is 1.87 bits per heavy atom. The van der Waals surface area contributed by atoms with E-state index in [1.54, 1.807) is 0 Å². The number of likely N-dealkylation sites (tertiary alicyclic amines) is 1. The highest BCUT2D eigenvalue weighted by Gasteiger charge is 2.48. The normalized spacial score (nSPS) is 20.9. The van der Waals surface area contributed by atoms with Crippen molar-refractivity contribution in [2.24, 2.45) is 5.92 Å². The average Bonchev–Trinajstić information content (AvgIpc) is 2.17. The molecule has 0 bridgehead atoms. The summed E-state index contributed by atoms with van der Waals surface area (Å²) in [4.78, 5) is 12.5. The van der Waals surface area contributed by atoms with Gasteiger partial charge < -0.3 is 10.0 Å². The second-order valence-electron chi connectivity index (χ2n) is 4.33. The van der Waals surface area contributed by atoms with Gasteiger partial charge in [0.1, 0.15) is 0 Å². The Morgan fingerprint density at radius 3 is 2.20 bits per heavy atom. The number of alkyl halides is 2. The Balaban J connectivity index is 2.54.